The van der Waals surface area contributed by atoms with Gasteiger partial charge in [-0.05, 0) is 12.8 Å². The van der Waals surface area contributed by atoms with Crippen molar-refractivity contribution in [2.45, 2.75) is 25.7 Å². The van der Waals surface area contributed by atoms with Crippen LogP contribution in [-0.2, 0) is 9.59 Å². The monoisotopic (exact) mass is 227 g/mol. The largest absolute Gasteiger partial charge is 0.354 e. The van der Waals surface area contributed by atoms with E-state index in [0.29, 0.717) is 6.54 Å². The minimum atomic E-state index is -0.395. The molecule has 92 valence electrons. The second-order valence-electron chi connectivity index (χ2n) is 4.67. The predicted octanol–water partition coefficient (Wildman–Crippen LogP) is -0.290. The Morgan fingerprint density at radius 3 is 2.31 bits per heavy atom. The van der Waals surface area contributed by atoms with Gasteiger partial charge in [-0.2, -0.15) is 0 Å². The average Bonchev–Trinajstić information content (AvgIpc) is 2.74. The molecule has 0 radical (unpaired) electrons. The van der Waals surface area contributed by atoms with Gasteiger partial charge in [-0.3, -0.25) is 9.59 Å². The summed E-state index contributed by atoms with van der Waals surface area (Å²) in [6.45, 7) is 0.395. The number of carbonyl (C=O) groups is 2. The van der Waals surface area contributed by atoms with Crippen LogP contribution < -0.4 is 11.1 Å². The molecule has 0 aromatic carbocycles. The van der Waals surface area contributed by atoms with Crippen LogP contribution in [0.5, 0.6) is 0 Å². The molecule has 1 aliphatic carbocycles. The van der Waals surface area contributed by atoms with Crippen molar-refractivity contribution in [1.29, 1.82) is 0 Å². The van der Waals surface area contributed by atoms with Gasteiger partial charge in [-0.15, -0.1) is 0 Å². The molecule has 3 N–H and O–H groups in total. The summed E-state index contributed by atoms with van der Waals surface area (Å²) in [5.41, 5.74) is 4.83. The van der Waals surface area contributed by atoms with E-state index in [1.54, 1.807) is 19.0 Å². The van der Waals surface area contributed by atoms with Gasteiger partial charge >= 0.3 is 0 Å². The lowest BCUT2D eigenvalue weighted by Crippen LogP contribution is -2.47. The summed E-state index contributed by atoms with van der Waals surface area (Å²) in [5.74, 6) is -0.0832. The molecule has 0 bridgehead atoms. The lowest BCUT2D eigenvalue weighted by molar-refractivity contribution is -0.139. The second kappa shape index (κ2) is 5.30. The molecule has 0 spiro atoms. The zero-order valence-corrected chi connectivity index (χ0v) is 10.1. The standard InChI is InChI=1S/C11H21N3O2/c1-14(2)10(16)11(5-3-4-6-11)8-13-9(15)7-12/h3-8,12H2,1-2H3,(H,13,15). The molecule has 1 aliphatic rings. The maximum Gasteiger partial charge on any atom is 0.233 e. The number of amides is 2. The molecule has 5 nitrogen and oxygen atoms in total. The average molecular weight is 227 g/mol. The smallest absolute Gasteiger partial charge is 0.233 e. The molecule has 5 heteroatoms. The lowest BCUT2D eigenvalue weighted by Gasteiger charge is -2.30. The SMILES string of the molecule is CN(C)C(=O)C1(CNC(=O)CN)CCCC1. The van der Waals surface area contributed by atoms with Crippen LogP contribution in [0.3, 0.4) is 0 Å². The molecule has 1 saturated carbocycles. The number of hydrogen-bond acceptors (Lipinski definition) is 3. The van der Waals surface area contributed by atoms with Crippen molar-refractivity contribution in [3.05, 3.63) is 0 Å². The van der Waals surface area contributed by atoms with E-state index in [1.807, 2.05) is 0 Å². The Hall–Kier alpha value is -1.10. The first-order chi connectivity index (χ1) is 7.52. The molecule has 16 heavy (non-hydrogen) atoms. The summed E-state index contributed by atoms with van der Waals surface area (Å²) in [6.07, 6.45) is 3.82. The molecular weight excluding hydrogens is 206 g/mol. The highest BCUT2D eigenvalue weighted by atomic mass is 16.2. The molecule has 1 fully saturated rings. The van der Waals surface area contributed by atoms with Crippen molar-refractivity contribution < 1.29 is 9.59 Å². The van der Waals surface area contributed by atoms with Crippen LogP contribution in [0.15, 0.2) is 0 Å². The Balaban J connectivity index is 2.66. The summed E-state index contributed by atoms with van der Waals surface area (Å²) in [4.78, 5) is 24.9. The molecule has 1 rings (SSSR count). The van der Waals surface area contributed by atoms with Crippen LogP contribution in [-0.4, -0.2) is 43.9 Å². The molecule has 0 saturated heterocycles. The Morgan fingerprint density at radius 2 is 1.88 bits per heavy atom. The van der Waals surface area contributed by atoms with Crippen LogP contribution in [0.1, 0.15) is 25.7 Å². The van der Waals surface area contributed by atoms with E-state index in [2.05, 4.69) is 5.32 Å². The maximum absolute atomic E-state index is 12.1. The number of rotatable bonds is 4. The Kier molecular flexibility index (Phi) is 4.29. The third kappa shape index (κ3) is 2.72. The van der Waals surface area contributed by atoms with E-state index in [1.165, 1.54) is 0 Å². The summed E-state index contributed by atoms with van der Waals surface area (Å²) < 4.78 is 0. The fraction of sp³-hybridized carbons (Fsp3) is 0.818. The van der Waals surface area contributed by atoms with Gasteiger partial charge in [0.05, 0.1) is 12.0 Å². The molecule has 0 atom stereocenters. The highest BCUT2D eigenvalue weighted by molar-refractivity contribution is 5.84. The normalized spacial score (nSPS) is 18.2. The van der Waals surface area contributed by atoms with Crippen molar-refractivity contribution >= 4 is 11.8 Å². The zero-order valence-electron chi connectivity index (χ0n) is 10.1. The molecule has 2 amide bonds. The first kappa shape index (κ1) is 13.0. The fourth-order valence-corrected chi connectivity index (χ4v) is 2.33. The summed E-state index contributed by atoms with van der Waals surface area (Å²) >= 11 is 0. The highest BCUT2D eigenvalue weighted by Gasteiger charge is 2.42. The zero-order chi connectivity index (χ0) is 12.2. The van der Waals surface area contributed by atoms with Gasteiger partial charge in [0.2, 0.25) is 11.8 Å². The van der Waals surface area contributed by atoms with E-state index in [9.17, 15) is 9.59 Å². The lowest BCUT2D eigenvalue weighted by atomic mass is 9.84. The van der Waals surface area contributed by atoms with E-state index in [0.717, 1.165) is 25.7 Å². The Morgan fingerprint density at radius 1 is 1.31 bits per heavy atom. The Bertz CT molecular complexity index is 270. The number of hydrogen-bond donors (Lipinski definition) is 2. The fourth-order valence-electron chi connectivity index (χ4n) is 2.33. The summed E-state index contributed by atoms with van der Waals surface area (Å²) in [7, 11) is 3.51. The molecule has 0 aliphatic heterocycles. The quantitative estimate of drug-likeness (QED) is 0.693. The van der Waals surface area contributed by atoms with Crippen molar-refractivity contribution in [2.75, 3.05) is 27.2 Å². The third-order valence-corrected chi connectivity index (χ3v) is 3.23. The van der Waals surface area contributed by atoms with Gasteiger partial charge < -0.3 is 16.0 Å². The van der Waals surface area contributed by atoms with Crippen molar-refractivity contribution in [3.63, 3.8) is 0 Å². The molecule has 0 aromatic rings. The number of carbonyl (C=O) groups excluding carboxylic acids is 2. The van der Waals surface area contributed by atoms with E-state index < -0.39 is 5.41 Å². The number of nitrogens with two attached hydrogens (primary N) is 1. The van der Waals surface area contributed by atoms with E-state index in [-0.39, 0.29) is 18.4 Å². The van der Waals surface area contributed by atoms with Gasteiger partial charge in [0.1, 0.15) is 0 Å². The van der Waals surface area contributed by atoms with E-state index in [4.69, 9.17) is 5.73 Å². The third-order valence-electron chi connectivity index (χ3n) is 3.23. The van der Waals surface area contributed by atoms with Crippen LogP contribution in [0, 0.1) is 5.41 Å². The summed E-state index contributed by atoms with van der Waals surface area (Å²) in [6, 6.07) is 0. The van der Waals surface area contributed by atoms with Gasteiger partial charge in [0.25, 0.3) is 0 Å². The van der Waals surface area contributed by atoms with Gasteiger partial charge in [0, 0.05) is 20.6 Å². The minimum Gasteiger partial charge on any atom is -0.354 e. The first-order valence-electron chi connectivity index (χ1n) is 5.70. The molecule has 0 aromatic heterocycles. The second-order valence-corrected chi connectivity index (χ2v) is 4.67. The highest BCUT2D eigenvalue weighted by Crippen LogP contribution is 2.38. The van der Waals surface area contributed by atoms with Gasteiger partial charge in [-0.25, -0.2) is 0 Å². The summed E-state index contributed by atoms with van der Waals surface area (Å²) in [5, 5.41) is 2.74. The number of nitrogens with one attached hydrogen (secondary N) is 1. The van der Waals surface area contributed by atoms with Crippen LogP contribution >= 0.6 is 0 Å². The minimum absolute atomic E-state index is 0.0216. The van der Waals surface area contributed by atoms with Gasteiger partial charge in [0.15, 0.2) is 0 Å². The predicted molar refractivity (Wildman–Crippen MR) is 61.7 cm³/mol. The maximum atomic E-state index is 12.1. The van der Waals surface area contributed by atoms with Crippen LogP contribution in [0.4, 0.5) is 0 Å². The van der Waals surface area contributed by atoms with Crippen molar-refractivity contribution in [2.24, 2.45) is 11.1 Å². The number of nitrogens with zero attached hydrogens (tertiary/aromatic N) is 1. The van der Waals surface area contributed by atoms with Crippen molar-refractivity contribution in [1.82, 2.24) is 10.2 Å². The molecule has 0 heterocycles. The molecular formula is C11H21N3O2. The topological polar surface area (TPSA) is 75.4 Å². The molecule has 0 unspecified atom stereocenters. The van der Waals surface area contributed by atoms with E-state index >= 15 is 0 Å². The van der Waals surface area contributed by atoms with Crippen LogP contribution in [0.25, 0.3) is 0 Å². The van der Waals surface area contributed by atoms with Gasteiger partial charge in [-0.1, -0.05) is 12.8 Å². The Labute approximate surface area is 96.4 Å². The van der Waals surface area contributed by atoms with Crippen LogP contribution in [0.2, 0.25) is 0 Å². The first-order valence-corrected chi connectivity index (χ1v) is 5.70. The van der Waals surface area contributed by atoms with Crippen molar-refractivity contribution in [3.8, 4) is 0 Å².